The lowest BCUT2D eigenvalue weighted by Crippen LogP contribution is -2.19. The highest BCUT2D eigenvalue weighted by atomic mass is 35.5. The van der Waals surface area contributed by atoms with E-state index in [2.05, 4.69) is 27.2 Å². The van der Waals surface area contributed by atoms with E-state index in [0.717, 1.165) is 42.4 Å². The second kappa shape index (κ2) is 7.48. The zero-order valence-corrected chi connectivity index (χ0v) is 15.3. The number of methoxy groups -OCH3 is 1. The first-order chi connectivity index (χ1) is 12.7. The third-order valence-electron chi connectivity index (χ3n) is 4.71. The van der Waals surface area contributed by atoms with Gasteiger partial charge in [-0.2, -0.15) is 4.98 Å². The van der Waals surface area contributed by atoms with Gasteiger partial charge in [-0.3, -0.25) is 4.90 Å². The summed E-state index contributed by atoms with van der Waals surface area (Å²) in [7, 11) is 1.65. The van der Waals surface area contributed by atoms with Gasteiger partial charge < -0.3 is 9.26 Å². The van der Waals surface area contributed by atoms with Crippen molar-refractivity contribution in [1.82, 2.24) is 15.0 Å². The molecule has 26 heavy (non-hydrogen) atoms. The van der Waals surface area contributed by atoms with Gasteiger partial charge in [0, 0.05) is 23.7 Å². The van der Waals surface area contributed by atoms with Crippen LogP contribution in [0.1, 0.15) is 23.8 Å². The van der Waals surface area contributed by atoms with Crippen LogP contribution in [0.25, 0.3) is 11.4 Å². The monoisotopic (exact) mass is 369 g/mol. The fraction of sp³-hybridized carbons (Fsp3) is 0.300. The molecule has 2 heterocycles. The van der Waals surface area contributed by atoms with Crippen molar-refractivity contribution in [2.75, 3.05) is 20.2 Å². The predicted octanol–water partition coefficient (Wildman–Crippen LogP) is 4.39. The Kier molecular flexibility index (Phi) is 4.91. The number of benzene rings is 2. The van der Waals surface area contributed by atoms with E-state index in [4.69, 9.17) is 20.9 Å². The van der Waals surface area contributed by atoms with Crippen LogP contribution < -0.4 is 4.74 Å². The minimum absolute atomic E-state index is 0.272. The smallest absolute Gasteiger partial charge is 0.231 e. The van der Waals surface area contributed by atoms with Gasteiger partial charge in [-0.05, 0) is 42.8 Å². The fourth-order valence-electron chi connectivity index (χ4n) is 3.31. The molecular formula is C20H20ClN3O2. The zero-order valence-electron chi connectivity index (χ0n) is 14.6. The van der Waals surface area contributed by atoms with Crippen molar-refractivity contribution in [2.45, 2.75) is 18.9 Å². The number of ether oxygens (including phenoxy) is 1. The van der Waals surface area contributed by atoms with E-state index >= 15 is 0 Å². The number of halogens is 1. The molecule has 6 heteroatoms. The minimum atomic E-state index is 0.272. The van der Waals surface area contributed by atoms with Crippen molar-refractivity contribution in [2.24, 2.45) is 0 Å². The van der Waals surface area contributed by atoms with Crippen molar-refractivity contribution in [1.29, 1.82) is 0 Å². The molecule has 1 aliphatic heterocycles. The maximum absolute atomic E-state index is 5.95. The van der Waals surface area contributed by atoms with Crippen LogP contribution in [0.2, 0.25) is 5.02 Å². The molecule has 1 atom stereocenters. The van der Waals surface area contributed by atoms with Crippen LogP contribution in [-0.2, 0) is 6.54 Å². The summed E-state index contributed by atoms with van der Waals surface area (Å²) in [4.78, 5) is 7.02. The Morgan fingerprint density at radius 1 is 1.23 bits per heavy atom. The molecule has 2 aromatic carbocycles. The standard InChI is InChI=1S/C20H20ClN3O2/c1-25-18-4-2-3-15(11-18)19-22-20(26-23-19)16-9-10-24(13-16)12-14-5-7-17(21)8-6-14/h2-8,11,16H,9-10,12-13H2,1H3. The summed E-state index contributed by atoms with van der Waals surface area (Å²) >= 11 is 5.95. The van der Waals surface area contributed by atoms with Gasteiger partial charge >= 0.3 is 0 Å². The van der Waals surface area contributed by atoms with E-state index in [-0.39, 0.29) is 5.92 Å². The Balaban J connectivity index is 1.42. The molecular weight excluding hydrogens is 350 g/mol. The molecule has 4 rings (SSSR count). The Hall–Kier alpha value is -2.37. The molecule has 134 valence electrons. The summed E-state index contributed by atoms with van der Waals surface area (Å²) in [5.41, 5.74) is 2.16. The van der Waals surface area contributed by atoms with Crippen molar-refractivity contribution in [3.63, 3.8) is 0 Å². The second-order valence-corrected chi connectivity index (χ2v) is 6.97. The van der Waals surface area contributed by atoms with Crippen LogP contribution in [-0.4, -0.2) is 35.2 Å². The average Bonchev–Trinajstić information content (AvgIpc) is 3.33. The Bertz CT molecular complexity index is 879. The molecule has 5 nitrogen and oxygen atoms in total. The van der Waals surface area contributed by atoms with Gasteiger partial charge in [0.1, 0.15) is 5.75 Å². The maximum atomic E-state index is 5.95. The van der Waals surface area contributed by atoms with E-state index in [1.165, 1.54) is 5.56 Å². The average molecular weight is 370 g/mol. The molecule has 0 bridgehead atoms. The molecule has 1 aromatic heterocycles. The first kappa shape index (κ1) is 17.1. The predicted molar refractivity (Wildman–Crippen MR) is 100 cm³/mol. The SMILES string of the molecule is COc1cccc(-c2noc(C3CCN(Cc4ccc(Cl)cc4)C3)n2)c1. The van der Waals surface area contributed by atoms with Crippen LogP contribution in [0.4, 0.5) is 0 Å². The third-order valence-corrected chi connectivity index (χ3v) is 4.96. The van der Waals surface area contributed by atoms with E-state index < -0.39 is 0 Å². The molecule has 0 saturated carbocycles. The molecule has 0 aliphatic carbocycles. The number of nitrogens with zero attached hydrogens (tertiary/aromatic N) is 3. The number of rotatable bonds is 5. The molecule has 0 N–H and O–H groups in total. The Morgan fingerprint density at radius 3 is 2.88 bits per heavy atom. The van der Waals surface area contributed by atoms with Crippen LogP contribution in [0.5, 0.6) is 5.75 Å². The first-order valence-electron chi connectivity index (χ1n) is 8.66. The molecule has 3 aromatic rings. The molecule has 0 amide bonds. The summed E-state index contributed by atoms with van der Waals surface area (Å²) in [5.74, 6) is 2.37. The summed E-state index contributed by atoms with van der Waals surface area (Å²) in [5, 5.41) is 4.92. The maximum Gasteiger partial charge on any atom is 0.231 e. The number of hydrogen-bond donors (Lipinski definition) is 0. The van der Waals surface area contributed by atoms with E-state index in [1.54, 1.807) is 7.11 Å². The van der Waals surface area contributed by atoms with Crippen molar-refractivity contribution >= 4 is 11.6 Å². The summed E-state index contributed by atoms with van der Waals surface area (Å²) in [6.45, 7) is 2.84. The normalized spacial score (nSPS) is 17.5. The van der Waals surface area contributed by atoms with Gasteiger partial charge in [-0.15, -0.1) is 0 Å². The van der Waals surface area contributed by atoms with Crippen molar-refractivity contribution in [3.05, 3.63) is 65.0 Å². The molecule has 1 saturated heterocycles. The number of likely N-dealkylation sites (tertiary alicyclic amines) is 1. The molecule has 0 radical (unpaired) electrons. The van der Waals surface area contributed by atoms with E-state index in [1.807, 2.05) is 36.4 Å². The number of aromatic nitrogens is 2. The second-order valence-electron chi connectivity index (χ2n) is 6.54. The topological polar surface area (TPSA) is 51.4 Å². The quantitative estimate of drug-likeness (QED) is 0.667. The highest BCUT2D eigenvalue weighted by molar-refractivity contribution is 6.30. The highest BCUT2D eigenvalue weighted by Crippen LogP contribution is 2.29. The Labute approximate surface area is 157 Å². The van der Waals surface area contributed by atoms with Gasteiger partial charge in [0.05, 0.1) is 13.0 Å². The van der Waals surface area contributed by atoms with Crippen LogP contribution >= 0.6 is 11.6 Å². The fourth-order valence-corrected chi connectivity index (χ4v) is 3.43. The van der Waals surface area contributed by atoms with Crippen molar-refractivity contribution in [3.8, 4) is 17.1 Å². The van der Waals surface area contributed by atoms with Gasteiger partial charge in [-0.25, -0.2) is 0 Å². The largest absolute Gasteiger partial charge is 0.497 e. The molecule has 0 spiro atoms. The van der Waals surface area contributed by atoms with Gasteiger partial charge in [0.25, 0.3) is 0 Å². The number of hydrogen-bond acceptors (Lipinski definition) is 5. The lowest BCUT2D eigenvalue weighted by atomic mass is 10.1. The summed E-state index contributed by atoms with van der Waals surface area (Å²) in [6, 6.07) is 15.7. The van der Waals surface area contributed by atoms with Crippen LogP contribution in [0, 0.1) is 0 Å². The molecule has 1 aliphatic rings. The Morgan fingerprint density at radius 2 is 2.08 bits per heavy atom. The van der Waals surface area contributed by atoms with Gasteiger partial charge in [0.15, 0.2) is 0 Å². The lowest BCUT2D eigenvalue weighted by Gasteiger charge is -2.15. The third kappa shape index (κ3) is 3.74. The first-order valence-corrected chi connectivity index (χ1v) is 9.04. The van der Waals surface area contributed by atoms with E-state index in [9.17, 15) is 0 Å². The van der Waals surface area contributed by atoms with Gasteiger partial charge in [0.2, 0.25) is 11.7 Å². The molecule has 1 fully saturated rings. The lowest BCUT2D eigenvalue weighted by molar-refractivity contribution is 0.309. The van der Waals surface area contributed by atoms with Gasteiger partial charge in [-0.1, -0.05) is 41.0 Å². The molecule has 1 unspecified atom stereocenters. The summed E-state index contributed by atoms with van der Waals surface area (Å²) < 4.78 is 10.8. The minimum Gasteiger partial charge on any atom is -0.497 e. The highest BCUT2D eigenvalue weighted by Gasteiger charge is 2.28. The summed E-state index contributed by atoms with van der Waals surface area (Å²) in [6.07, 6.45) is 1.02. The van der Waals surface area contributed by atoms with Crippen molar-refractivity contribution < 1.29 is 9.26 Å². The van der Waals surface area contributed by atoms with Crippen LogP contribution in [0.15, 0.2) is 53.1 Å². The van der Waals surface area contributed by atoms with E-state index in [0.29, 0.717) is 11.7 Å². The zero-order chi connectivity index (χ0) is 17.9. The van der Waals surface area contributed by atoms with Crippen LogP contribution in [0.3, 0.4) is 0 Å².